The fraction of sp³-hybridized carbons (Fsp3) is 0.143. The Morgan fingerprint density at radius 2 is 1.87 bits per heavy atom. The zero-order chi connectivity index (χ0) is 11.8. The van der Waals surface area contributed by atoms with Crippen molar-refractivity contribution in [2.24, 2.45) is 0 Å². The van der Waals surface area contributed by atoms with Crippen molar-refractivity contribution in [1.82, 2.24) is 0 Å². The van der Waals surface area contributed by atoms with E-state index in [0.29, 0.717) is 6.07 Å². The molecule has 0 atom stereocenters. The molecule has 0 amide bonds. The number of nitro benzene ring substituents is 1. The minimum atomic E-state index is -4.76. The van der Waals surface area contributed by atoms with Crippen LogP contribution in [-0.2, 0) is 6.18 Å². The highest BCUT2D eigenvalue weighted by atomic mass is 79.9. The van der Waals surface area contributed by atoms with Gasteiger partial charge in [-0.2, -0.15) is 17.6 Å². The molecule has 0 saturated carbocycles. The summed E-state index contributed by atoms with van der Waals surface area (Å²) in [6.45, 7) is 0. The number of nitro groups is 1. The molecule has 0 aliphatic rings. The Morgan fingerprint density at radius 1 is 1.33 bits per heavy atom. The largest absolute Gasteiger partial charge is 0.417 e. The van der Waals surface area contributed by atoms with Gasteiger partial charge in [0.15, 0.2) is 0 Å². The van der Waals surface area contributed by atoms with Crippen LogP contribution in [0.25, 0.3) is 0 Å². The molecule has 0 N–H and O–H groups in total. The minimum absolute atomic E-state index is 0.0855. The molecule has 82 valence electrons. The van der Waals surface area contributed by atoms with Crippen molar-refractivity contribution in [2.75, 3.05) is 0 Å². The van der Waals surface area contributed by atoms with E-state index in [1.807, 2.05) is 0 Å². The highest BCUT2D eigenvalue weighted by Gasteiger charge is 2.35. The number of alkyl halides is 3. The number of nitrogens with zero attached hydrogens (tertiary/aromatic N) is 1. The molecule has 1 rings (SSSR count). The maximum Gasteiger partial charge on any atom is 0.417 e. The molecule has 0 bridgehead atoms. The second kappa shape index (κ2) is 3.76. The maximum absolute atomic E-state index is 12.8. The Labute approximate surface area is 89.0 Å². The van der Waals surface area contributed by atoms with Crippen LogP contribution < -0.4 is 0 Å². The van der Waals surface area contributed by atoms with Gasteiger partial charge in [-0.3, -0.25) is 10.1 Å². The van der Waals surface area contributed by atoms with Gasteiger partial charge >= 0.3 is 11.9 Å². The normalized spacial score (nSPS) is 11.5. The summed E-state index contributed by atoms with van der Waals surface area (Å²) in [6, 6.07) is 0.570. The van der Waals surface area contributed by atoms with Crippen LogP contribution in [0.5, 0.6) is 0 Å². The third-order valence-electron chi connectivity index (χ3n) is 1.54. The molecular formula is C7H2BrF4NO2. The molecule has 15 heavy (non-hydrogen) atoms. The summed E-state index contributed by atoms with van der Waals surface area (Å²) in [4.78, 5) is 9.10. The van der Waals surface area contributed by atoms with Crippen LogP contribution in [-0.4, -0.2) is 4.92 Å². The molecule has 0 aliphatic heterocycles. The minimum Gasteiger partial charge on any atom is -0.258 e. The Hall–Kier alpha value is -1.18. The van der Waals surface area contributed by atoms with Crippen molar-refractivity contribution in [3.63, 3.8) is 0 Å². The van der Waals surface area contributed by atoms with Crippen LogP contribution in [0, 0.1) is 15.9 Å². The summed E-state index contributed by atoms with van der Waals surface area (Å²) >= 11 is 2.49. The highest BCUT2D eigenvalue weighted by Crippen LogP contribution is 2.37. The molecule has 3 nitrogen and oxygen atoms in total. The van der Waals surface area contributed by atoms with E-state index >= 15 is 0 Å². The Bertz CT molecular complexity index is 418. The zero-order valence-corrected chi connectivity index (χ0v) is 8.39. The maximum atomic E-state index is 12.8. The number of hydrogen-bond donors (Lipinski definition) is 0. The Morgan fingerprint density at radius 3 is 2.27 bits per heavy atom. The fourth-order valence-electron chi connectivity index (χ4n) is 0.893. The standard InChI is InChI=1S/C7H2BrF4NO2/c8-4-2-6(13(14)15)5(9)1-3(4)7(10,11)12/h1-2H. The lowest BCUT2D eigenvalue weighted by Gasteiger charge is -2.08. The lowest BCUT2D eigenvalue weighted by molar-refractivity contribution is -0.387. The van der Waals surface area contributed by atoms with Crippen LogP contribution in [0.2, 0.25) is 0 Å². The monoisotopic (exact) mass is 287 g/mol. The summed E-state index contributed by atoms with van der Waals surface area (Å²) in [5, 5.41) is 10.2. The van der Waals surface area contributed by atoms with E-state index in [2.05, 4.69) is 15.9 Å². The van der Waals surface area contributed by atoms with Gasteiger partial charge in [-0.1, -0.05) is 0 Å². The van der Waals surface area contributed by atoms with Crippen molar-refractivity contribution in [3.05, 3.63) is 38.1 Å². The summed E-state index contributed by atoms with van der Waals surface area (Å²) in [5.74, 6) is -1.52. The van der Waals surface area contributed by atoms with Gasteiger partial charge in [-0.05, 0) is 22.0 Å². The first-order valence-corrected chi connectivity index (χ1v) is 4.23. The Kier molecular flexibility index (Phi) is 2.98. The molecular weight excluding hydrogens is 286 g/mol. The Balaban J connectivity index is 3.39. The van der Waals surface area contributed by atoms with Crippen LogP contribution in [0.1, 0.15) is 5.56 Å². The molecule has 0 aliphatic carbocycles. The van der Waals surface area contributed by atoms with E-state index in [9.17, 15) is 27.7 Å². The van der Waals surface area contributed by atoms with E-state index < -0.39 is 32.6 Å². The molecule has 8 heteroatoms. The predicted molar refractivity (Wildman–Crippen MR) is 45.8 cm³/mol. The molecule has 0 unspecified atom stereocenters. The SMILES string of the molecule is O=[N+]([O-])c1cc(Br)c(C(F)(F)F)cc1F. The van der Waals surface area contributed by atoms with Crippen molar-refractivity contribution in [2.45, 2.75) is 6.18 Å². The van der Waals surface area contributed by atoms with E-state index in [4.69, 9.17) is 0 Å². The summed E-state index contributed by atoms with van der Waals surface area (Å²) in [7, 11) is 0. The van der Waals surface area contributed by atoms with Crippen molar-refractivity contribution in [1.29, 1.82) is 0 Å². The molecule has 0 radical (unpaired) electrons. The molecule has 0 saturated heterocycles. The lowest BCUT2D eigenvalue weighted by atomic mass is 10.2. The van der Waals surface area contributed by atoms with E-state index in [1.54, 1.807) is 0 Å². The van der Waals surface area contributed by atoms with E-state index in [1.165, 1.54) is 0 Å². The summed E-state index contributed by atoms with van der Waals surface area (Å²) in [6.07, 6.45) is -4.76. The van der Waals surface area contributed by atoms with Gasteiger partial charge in [-0.25, -0.2) is 0 Å². The number of benzene rings is 1. The number of rotatable bonds is 1. The van der Waals surface area contributed by atoms with Crippen LogP contribution >= 0.6 is 15.9 Å². The molecule has 1 aromatic carbocycles. The molecule has 0 aromatic heterocycles. The second-order valence-electron chi connectivity index (χ2n) is 2.54. The molecule has 1 aromatic rings. The number of halogens is 5. The van der Waals surface area contributed by atoms with E-state index in [-0.39, 0.29) is 6.07 Å². The predicted octanol–water partition coefficient (Wildman–Crippen LogP) is 3.52. The van der Waals surface area contributed by atoms with Gasteiger partial charge in [-0.15, -0.1) is 0 Å². The van der Waals surface area contributed by atoms with Crippen LogP contribution in [0.3, 0.4) is 0 Å². The number of hydrogen-bond acceptors (Lipinski definition) is 2. The lowest BCUT2D eigenvalue weighted by Crippen LogP contribution is -2.07. The first-order chi connectivity index (χ1) is 6.73. The van der Waals surface area contributed by atoms with Gasteiger partial charge in [0.05, 0.1) is 10.5 Å². The topological polar surface area (TPSA) is 43.1 Å². The first kappa shape index (κ1) is 11.9. The molecule has 0 fully saturated rings. The van der Waals surface area contributed by atoms with Gasteiger partial charge in [0.25, 0.3) is 0 Å². The quantitative estimate of drug-likeness (QED) is 0.451. The third kappa shape index (κ3) is 2.44. The highest BCUT2D eigenvalue weighted by molar-refractivity contribution is 9.10. The van der Waals surface area contributed by atoms with Gasteiger partial charge in [0.2, 0.25) is 5.82 Å². The van der Waals surface area contributed by atoms with Crippen LogP contribution in [0.15, 0.2) is 16.6 Å². The van der Waals surface area contributed by atoms with E-state index in [0.717, 1.165) is 0 Å². The van der Waals surface area contributed by atoms with Crippen molar-refractivity contribution >= 4 is 21.6 Å². The van der Waals surface area contributed by atoms with Crippen molar-refractivity contribution < 1.29 is 22.5 Å². The first-order valence-electron chi connectivity index (χ1n) is 3.44. The third-order valence-corrected chi connectivity index (χ3v) is 2.19. The molecule has 0 heterocycles. The van der Waals surface area contributed by atoms with Crippen LogP contribution in [0.4, 0.5) is 23.2 Å². The average molecular weight is 288 g/mol. The fourth-order valence-corrected chi connectivity index (χ4v) is 1.45. The second-order valence-corrected chi connectivity index (χ2v) is 3.39. The molecule has 0 spiro atoms. The zero-order valence-electron chi connectivity index (χ0n) is 6.81. The summed E-state index contributed by atoms with van der Waals surface area (Å²) in [5.41, 5.74) is -2.29. The van der Waals surface area contributed by atoms with Gasteiger partial charge in [0.1, 0.15) is 0 Å². The van der Waals surface area contributed by atoms with Gasteiger partial charge < -0.3 is 0 Å². The average Bonchev–Trinajstić information content (AvgIpc) is 2.06. The van der Waals surface area contributed by atoms with Crippen molar-refractivity contribution in [3.8, 4) is 0 Å². The summed E-state index contributed by atoms with van der Waals surface area (Å²) < 4.78 is 48.9. The van der Waals surface area contributed by atoms with Gasteiger partial charge in [0, 0.05) is 10.5 Å². The smallest absolute Gasteiger partial charge is 0.258 e.